The van der Waals surface area contributed by atoms with Crippen molar-refractivity contribution in [1.82, 2.24) is 9.97 Å². The van der Waals surface area contributed by atoms with Crippen LogP contribution in [0.1, 0.15) is 95.4 Å². The largest absolute Gasteiger partial charge is 1.20 e. The lowest BCUT2D eigenvalue weighted by atomic mass is 10.1. The van der Waals surface area contributed by atoms with Crippen LogP contribution in [-0.4, -0.2) is 74.0 Å². The lowest BCUT2D eigenvalue weighted by Crippen LogP contribution is -2.32. The number of Topliss-reactive ketones (excluding diaryl/α,β-unsaturated/α-hetero) is 1. The Kier molecular flexibility index (Phi) is 15.9. The number of aryl methyl sites for hydroxylation is 3. The zero-order valence-corrected chi connectivity index (χ0v) is 25.7. The Balaban J connectivity index is 0.000000574. The van der Waals surface area contributed by atoms with Gasteiger partial charge in [-0.3, -0.25) is 19.2 Å². The van der Waals surface area contributed by atoms with Gasteiger partial charge in [0.05, 0.1) is 18.8 Å². The molecule has 14 heteroatoms. The van der Waals surface area contributed by atoms with E-state index in [-0.39, 0.29) is 17.4 Å². The van der Waals surface area contributed by atoms with Gasteiger partial charge in [0.2, 0.25) is 0 Å². The summed E-state index contributed by atoms with van der Waals surface area (Å²) in [5, 5.41) is 0. The number of esters is 2. The first-order chi connectivity index (χ1) is 18.5. The number of nitrogens with one attached hydrogen (secondary N) is 2. The zero-order chi connectivity index (χ0) is 31.2. The zero-order valence-electron chi connectivity index (χ0n) is 24.6. The molecule has 220 valence electrons. The fourth-order valence-electron chi connectivity index (χ4n) is 2.97. The number of carbonyl (C=O) groups is 6. The average Bonchev–Trinajstić information content (AvgIpc) is 3.32. The van der Waals surface area contributed by atoms with Crippen molar-refractivity contribution in [3.05, 3.63) is 45.5 Å². The van der Waals surface area contributed by atoms with Gasteiger partial charge in [0, 0.05) is 32.2 Å². The summed E-state index contributed by atoms with van der Waals surface area (Å²) in [4.78, 5) is 71.2. The first-order valence-corrected chi connectivity index (χ1v) is 13.7. The summed E-state index contributed by atoms with van der Waals surface area (Å²) in [6.07, 6.45) is 0. The monoisotopic (exact) mass is 580 g/mol. The molecule has 0 aliphatic carbocycles. The summed E-state index contributed by atoms with van der Waals surface area (Å²) in [5.41, 5.74) is 4.96. The number of rotatable bonds is 8. The highest BCUT2D eigenvalue weighted by molar-refractivity contribution is 6.43. The second kappa shape index (κ2) is 17.7. The van der Waals surface area contributed by atoms with E-state index >= 15 is 0 Å². The molecule has 0 aromatic carbocycles. The van der Waals surface area contributed by atoms with Gasteiger partial charge in [-0.2, -0.15) is 0 Å². The van der Waals surface area contributed by atoms with Crippen LogP contribution in [0.4, 0.5) is 0 Å². The highest BCUT2D eigenvalue weighted by Crippen LogP contribution is 2.19. The standard InChI is InChI=1S/C11H15NO3.C9H13NO2.3C2H4O2.Al/c1-5-15-11(14)10-9(8(4)13)6(2)7(3)12-10;1-4-12-9(11)8-5-6(2)7(3)10-8;3*1-2(3)4;/h12H,5H2,1-4H3;5,10H,4H2,1-3H3;3*1H3,(H,3,4);/q;;;;;+3/p-3. The summed E-state index contributed by atoms with van der Waals surface area (Å²) in [5.74, 6) is -2.84. The lowest BCUT2D eigenvalue weighted by Gasteiger charge is -2.08. The second-order valence-corrected chi connectivity index (χ2v) is 9.51. The molecule has 0 spiro atoms. The van der Waals surface area contributed by atoms with Crippen molar-refractivity contribution in [2.45, 2.75) is 69.2 Å². The van der Waals surface area contributed by atoms with Gasteiger partial charge in [0.25, 0.3) is 17.9 Å². The Bertz CT molecular complexity index is 1160. The van der Waals surface area contributed by atoms with E-state index in [2.05, 4.69) is 21.3 Å². The van der Waals surface area contributed by atoms with E-state index in [1.54, 1.807) is 19.9 Å². The Morgan fingerprint density at radius 3 is 1.50 bits per heavy atom. The molecular weight excluding hydrogens is 543 g/mol. The van der Waals surface area contributed by atoms with Crippen molar-refractivity contribution >= 4 is 50.8 Å². The molecule has 13 nitrogen and oxygen atoms in total. The number of carbonyl (C=O) groups excluding carboxylic acids is 6. The van der Waals surface area contributed by atoms with E-state index < -0.39 is 39.0 Å². The predicted octanol–water partition coefficient (Wildman–Crippen LogP) is 3.48. The van der Waals surface area contributed by atoms with E-state index in [1.807, 2.05) is 27.7 Å². The van der Waals surface area contributed by atoms with Crippen LogP contribution in [0.15, 0.2) is 6.07 Å². The maximum atomic E-state index is 11.5. The minimum atomic E-state index is -2.96. The molecule has 2 heterocycles. The molecule has 0 aliphatic heterocycles. The third-order valence-corrected chi connectivity index (χ3v) is 6.46. The number of ether oxygens (including phenoxy) is 2. The Morgan fingerprint density at radius 2 is 1.15 bits per heavy atom. The number of aromatic amines is 2. The highest BCUT2D eigenvalue weighted by Gasteiger charge is 2.47. The molecule has 0 unspecified atom stereocenters. The van der Waals surface area contributed by atoms with Crippen LogP contribution in [0.5, 0.6) is 0 Å². The third kappa shape index (κ3) is 12.8. The van der Waals surface area contributed by atoms with Crippen LogP contribution < -0.4 is 0 Å². The molecule has 0 radical (unpaired) electrons. The van der Waals surface area contributed by atoms with Crippen LogP contribution >= 0.6 is 0 Å². The highest BCUT2D eigenvalue weighted by atomic mass is 27.3. The predicted molar refractivity (Wildman–Crippen MR) is 144 cm³/mol. The summed E-state index contributed by atoms with van der Waals surface area (Å²) in [7, 11) is 0. The third-order valence-electron chi connectivity index (χ3n) is 4.89. The molecule has 0 saturated heterocycles. The molecule has 2 aromatic rings. The van der Waals surface area contributed by atoms with Crippen molar-refractivity contribution in [3.63, 3.8) is 0 Å². The Labute approximate surface area is 238 Å². The minimum absolute atomic E-state index is 0.125. The van der Waals surface area contributed by atoms with Gasteiger partial charge < -0.3 is 30.8 Å². The molecule has 40 heavy (non-hydrogen) atoms. The molecule has 2 aromatic heterocycles. The van der Waals surface area contributed by atoms with Gasteiger partial charge in [0.1, 0.15) is 11.4 Å². The molecular formula is C26H37AlN2O11. The van der Waals surface area contributed by atoms with Crippen molar-refractivity contribution < 1.29 is 49.6 Å². The summed E-state index contributed by atoms with van der Waals surface area (Å²) in [6.45, 7) is 16.6. The van der Waals surface area contributed by atoms with Crippen LogP contribution in [0.25, 0.3) is 0 Å². The average molecular weight is 581 g/mol. The molecule has 0 saturated carbocycles. The number of hydrogen-bond donors (Lipinski definition) is 2. The van der Waals surface area contributed by atoms with Crippen LogP contribution in [0, 0.1) is 27.7 Å². The SMILES string of the molecule is CC(=O)[O][Al]([O]C(C)=O)[O]C(C)=O.CCOC(=O)c1[nH]c(C)c(C)c1C(C)=O.CCOC(=O)c1cc(C)c(C)[nH]1. The van der Waals surface area contributed by atoms with E-state index in [1.165, 1.54) is 6.92 Å². The van der Waals surface area contributed by atoms with E-state index in [0.717, 1.165) is 43.3 Å². The molecule has 2 rings (SSSR count). The molecule has 0 bridgehead atoms. The van der Waals surface area contributed by atoms with Crippen LogP contribution in [0.3, 0.4) is 0 Å². The van der Waals surface area contributed by atoms with Gasteiger partial charge in [0.15, 0.2) is 5.78 Å². The molecule has 0 atom stereocenters. The summed E-state index contributed by atoms with van der Waals surface area (Å²) >= 11 is -2.96. The van der Waals surface area contributed by atoms with Crippen LogP contribution in [-0.2, 0) is 35.2 Å². The molecule has 0 aliphatic rings. The number of ketones is 1. The topological polar surface area (TPSA) is 180 Å². The first-order valence-electron chi connectivity index (χ1n) is 12.3. The molecule has 0 amide bonds. The quantitative estimate of drug-likeness (QED) is 0.265. The van der Waals surface area contributed by atoms with E-state index in [4.69, 9.17) is 9.47 Å². The van der Waals surface area contributed by atoms with E-state index in [0.29, 0.717) is 24.5 Å². The van der Waals surface area contributed by atoms with Gasteiger partial charge in [-0.1, -0.05) is 0 Å². The summed E-state index contributed by atoms with van der Waals surface area (Å²) < 4.78 is 23.1. The van der Waals surface area contributed by atoms with Gasteiger partial charge in [-0.05, 0) is 65.7 Å². The first kappa shape index (κ1) is 36.1. The summed E-state index contributed by atoms with van der Waals surface area (Å²) in [6, 6.07) is 1.80. The number of aromatic nitrogens is 2. The molecule has 2 N–H and O–H groups in total. The van der Waals surface area contributed by atoms with Crippen LogP contribution in [0.2, 0.25) is 0 Å². The minimum Gasteiger partial charge on any atom is -0.551 e. The van der Waals surface area contributed by atoms with Crippen molar-refractivity contribution in [2.75, 3.05) is 13.2 Å². The van der Waals surface area contributed by atoms with Crippen molar-refractivity contribution in [1.29, 1.82) is 0 Å². The van der Waals surface area contributed by atoms with E-state index in [9.17, 15) is 28.8 Å². The maximum absolute atomic E-state index is 11.5. The van der Waals surface area contributed by atoms with Gasteiger partial charge in [-0.25, -0.2) is 9.59 Å². The Hall–Kier alpha value is -3.89. The van der Waals surface area contributed by atoms with Crippen molar-refractivity contribution in [3.8, 4) is 0 Å². The number of H-pyrrole nitrogens is 2. The maximum Gasteiger partial charge on any atom is 1.20 e. The smallest absolute Gasteiger partial charge is 0.551 e. The lowest BCUT2D eigenvalue weighted by molar-refractivity contribution is -0.145. The number of hydrogen-bond acceptors (Lipinski definition) is 11. The fraction of sp³-hybridized carbons (Fsp3) is 0.462. The van der Waals surface area contributed by atoms with Gasteiger partial charge >= 0.3 is 27.1 Å². The second-order valence-electron chi connectivity index (χ2n) is 8.23. The van der Waals surface area contributed by atoms with Crippen molar-refractivity contribution in [2.24, 2.45) is 0 Å². The normalized spacial score (nSPS) is 9.55. The fourth-order valence-corrected chi connectivity index (χ4v) is 3.93. The van der Waals surface area contributed by atoms with Gasteiger partial charge in [-0.15, -0.1) is 0 Å². The molecule has 0 fully saturated rings. The Morgan fingerprint density at radius 1 is 0.700 bits per heavy atom.